The maximum absolute atomic E-state index is 10.3. The maximum Gasteiger partial charge on any atom is -1.00 e. The Labute approximate surface area is 226 Å². The molecule has 0 amide bonds. The summed E-state index contributed by atoms with van der Waals surface area (Å²) in [5.74, 6) is 0. The second kappa shape index (κ2) is 8.87. The molecule has 7 rings (SSSR count). The molecule has 34 heavy (non-hydrogen) atoms. The van der Waals surface area contributed by atoms with Gasteiger partial charge in [0.15, 0.2) is 0 Å². The molecule has 0 spiro atoms. The zero-order chi connectivity index (χ0) is 21.4. The summed E-state index contributed by atoms with van der Waals surface area (Å²) in [6.07, 6.45) is 0. The van der Waals surface area contributed by atoms with Crippen molar-refractivity contribution >= 4 is 18.4 Å². The van der Waals surface area contributed by atoms with E-state index in [0.717, 1.165) is 6.04 Å². The van der Waals surface area contributed by atoms with Crippen molar-refractivity contribution in [3.63, 3.8) is 0 Å². The fourth-order valence-corrected chi connectivity index (χ4v) is 16.6. The van der Waals surface area contributed by atoms with Crippen molar-refractivity contribution in [2.24, 2.45) is 0 Å². The summed E-state index contributed by atoms with van der Waals surface area (Å²) < 4.78 is 1.17. The van der Waals surface area contributed by atoms with Gasteiger partial charge < -0.3 is 24.8 Å². The van der Waals surface area contributed by atoms with Crippen LogP contribution in [0.3, 0.4) is 0 Å². The van der Waals surface area contributed by atoms with Gasteiger partial charge in [-0.3, -0.25) is 0 Å². The van der Waals surface area contributed by atoms with E-state index >= 15 is 0 Å². The SMILES string of the molecule is C[Si]1(CCO)c2cccc3c2[CH]([Zr+2][CH]2c4ccccc4-c4cccc1c42)c1ccccc1-3.[Cl-].[Cl-]. The van der Waals surface area contributed by atoms with Crippen molar-refractivity contribution < 1.29 is 53.2 Å². The molecule has 2 aliphatic carbocycles. The molecular weight excluding hydrogens is 555 g/mol. The summed E-state index contributed by atoms with van der Waals surface area (Å²) in [4.78, 5) is 0. The van der Waals surface area contributed by atoms with Crippen molar-refractivity contribution in [3.05, 3.63) is 107 Å². The Morgan fingerprint density at radius 1 is 0.647 bits per heavy atom. The number of aliphatic hydroxyl groups excluding tert-OH is 1. The van der Waals surface area contributed by atoms with Crippen molar-refractivity contribution in [2.75, 3.05) is 6.61 Å². The fraction of sp³-hybridized carbons (Fsp3) is 0.172. The van der Waals surface area contributed by atoms with E-state index in [-0.39, 0.29) is 31.4 Å². The number of fused-ring (bicyclic) bond motifs is 6. The van der Waals surface area contributed by atoms with Crippen LogP contribution in [0.5, 0.6) is 0 Å². The van der Waals surface area contributed by atoms with Gasteiger partial charge in [0.2, 0.25) is 0 Å². The Bertz CT molecular complexity index is 1320. The molecule has 0 bridgehead atoms. The third-order valence-corrected chi connectivity index (χ3v) is 17.1. The molecule has 0 radical (unpaired) electrons. The molecule has 4 aromatic carbocycles. The van der Waals surface area contributed by atoms with Crippen molar-refractivity contribution in [3.8, 4) is 22.3 Å². The van der Waals surface area contributed by atoms with Gasteiger partial charge in [0.05, 0.1) is 0 Å². The van der Waals surface area contributed by atoms with Gasteiger partial charge in [-0.25, -0.2) is 0 Å². The number of halogens is 2. The second-order valence-corrected chi connectivity index (χ2v) is 17.4. The van der Waals surface area contributed by atoms with Crippen LogP contribution in [-0.2, 0) is 23.2 Å². The Kier molecular flexibility index (Phi) is 6.32. The van der Waals surface area contributed by atoms with Crippen molar-refractivity contribution in [1.29, 1.82) is 0 Å². The van der Waals surface area contributed by atoms with Gasteiger partial charge in [-0.05, 0) is 0 Å². The first-order chi connectivity index (χ1) is 15.7. The number of hydrogen-bond acceptors (Lipinski definition) is 1. The third-order valence-electron chi connectivity index (χ3n) is 8.05. The molecule has 4 aromatic rings. The predicted octanol–water partition coefficient (Wildman–Crippen LogP) is -0.885. The first kappa shape index (κ1) is 24.2. The van der Waals surface area contributed by atoms with E-state index in [9.17, 15) is 5.11 Å². The standard InChI is InChI=1S/C29H24OSi.2ClH.Zr/c1-31(17-16-30,28-14-6-12-24-22-10-4-2-8-20(22)18-26(24)28)29-15-7-13-25-23-11-5-3-9-21(23)19-27(25)29;;;/h2-15,18-19,30H,16-17H2,1H3;2*1H;/q;;;+2/p-2. The first-order valence-corrected chi connectivity index (χ1v) is 17.1. The monoisotopic (exact) mass is 576 g/mol. The van der Waals surface area contributed by atoms with E-state index < -0.39 is 31.3 Å². The molecule has 1 nitrogen and oxygen atoms in total. The van der Waals surface area contributed by atoms with E-state index in [2.05, 4.69) is 91.5 Å². The topological polar surface area (TPSA) is 20.2 Å². The number of rotatable bonds is 2. The van der Waals surface area contributed by atoms with Crippen molar-refractivity contribution in [1.82, 2.24) is 0 Å². The average molecular weight is 579 g/mol. The molecule has 2 unspecified atom stereocenters. The minimum absolute atomic E-state index is 0. The average Bonchev–Trinajstić information content (AvgIpc) is 3.32. The largest absolute Gasteiger partial charge is 1.00 e. The Morgan fingerprint density at radius 3 is 1.56 bits per heavy atom. The summed E-state index contributed by atoms with van der Waals surface area (Å²) in [7, 11) is -2.13. The van der Waals surface area contributed by atoms with Gasteiger partial charge in [-0.2, -0.15) is 0 Å². The molecular formula is C29H24Cl2OSiZr. The van der Waals surface area contributed by atoms with Gasteiger partial charge in [0, 0.05) is 0 Å². The van der Waals surface area contributed by atoms with Crippen molar-refractivity contribution in [2.45, 2.75) is 19.8 Å². The molecule has 0 saturated heterocycles. The molecule has 3 aliphatic rings. The van der Waals surface area contributed by atoms with E-state index in [1.165, 1.54) is 22.3 Å². The fourth-order valence-electron chi connectivity index (χ4n) is 6.63. The normalized spacial score (nSPS) is 21.7. The van der Waals surface area contributed by atoms with Crippen LogP contribution in [0.1, 0.15) is 29.5 Å². The minimum atomic E-state index is -2.13. The first-order valence-electron chi connectivity index (χ1n) is 11.5. The molecule has 0 saturated carbocycles. The predicted molar refractivity (Wildman–Crippen MR) is 130 cm³/mol. The number of aliphatic hydroxyl groups is 1. The molecule has 0 aromatic heterocycles. The van der Waals surface area contributed by atoms with Crippen LogP contribution in [0, 0.1) is 0 Å². The molecule has 5 heteroatoms. The number of hydrogen-bond donors (Lipinski definition) is 1. The van der Waals surface area contributed by atoms with Crippen LogP contribution < -0.4 is 35.2 Å². The zero-order valence-electron chi connectivity index (χ0n) is 18.9. The van der Waals surface area contributed by atoms with E-state index in [1.807, 2.05) is 0 Å². The summed E-state index contributed by atoms with van der Waals surface area (Å²) >= 11 is -0.928. The third kappa shape index (κ3) is 3.11. The molecule has 2 atom stereocenters. The molecule has 1 N–H and O–H groups in total. The van der Waals surface area contributed by atoms with Crippen LogP contribution in [0.25, 0.3) is 22.3 Å². The van der Waals surface area contributed by atoms with Gasteiger partial charge in [-0.15, -0.1) is 0 Å². The summed E-state index contributed by atoms with van der Waals surface area (Å²) in [6.45, 7) is 2.77. The molecule has 1 heterocycles. The minimum Gasteiger partial charge on any atom is -1.00 e. The van der Waals surface area contributed by atoms with E-state index in [4.69, 9.17) is 0 Å². The van der Waals surface area contributed by atoms with Gasteiger partial charge >= 0.3 is 203 Å². The van der Waals surface area contributed by atoms with E-state index in [0.29, 0.717) is 7.25 Å². The van der Waals surface area contributed by atoms with Crippen LogP contribution >= 0.6 is 0 Å². The molecule has 168 valence electrons. The summed E-state index contributed by atoms with van der Waals surface area (Å²) in [5, 5.41) is 13.4. The summed E-state index contributed by atoms with van der Waals surface area (Å²) in [6, 6.07) is 33.3. The summed E-state index contributed by atoms with van der Waals surface area (Å²) in [5.41, 5.74) is 12.2. The Morgan fingerprint density at radius 2 is 1.09 bits per heavy atom. The Balaban J connectivity index is 0.00000120. The maximum atomic E-state index is 10.3. The zero-order valence-corrected chi connectivity index (χ0v) is 23.8. The van der Waals surface area contributed by atoms with Crippen LogP contribution in [0.15, 0.2) is 84.9 Å². The molecule has 1 aliphatic heterocycles. The van der Waals surface area contributed by atoms with Crippen LogP contribution in [0.2, 0.25) is 12.6 Å². The van der Waals surface area contributed by atoms with Crippen LogP contribution in [0.4, 0.5) is 0 Å². The number of benzene rings is 4. The van der Waals surface area contributed by atoms with Crippen LogP contribution in [-0.4, -0.2) is 19.8 Å². The Hall–Kier alpha value is -1.48. The molecule has 0 fully saturated rings. The van der Waals surface area contributed by atoms with Gasteiger partial charge in [0.25, 0.3) is 0 Å². The smallest absolute Gasteiger partial charge is 1.00 e. The second-order valence-electron chi connectivity index (χ2n) is 9.55. The van der Waals surface area contributed by atoms with Gasteiger partial charge in [0.1, 0.15) is 0 Å². The van der Waals surface area contributed by atoms with Gasteiger partial charge in [-0.1, -0.05) is 0 Å². The van der Waals surface area contributed by atoms with E-state index in [1.54, 1.807) is 32.6 Å². The quantitative estimate of drug-likeness (QED) is 0.307.